The van der Waals surface area contributed by atoms with E-state index in [1.807, 2.05) is 24.3 Å². The smallest absolute Gasteiger partial charge is 0.313 e. The van der Waals surface area contributed by atoms with E-state index >= 15 is 0 Å². The summed E-state index contributed by atoms with van der Waals surface area (Å²) in [6.45, 7) is 2.91. The van der Waals surface area contributed by atoms with Crippen LogP contribution in [0.3, 0.4) is 0 Å². The highest BCUT2D eigenvalue weighted by molar-refractivity contribution is 6.40. The van der Waals surface area contributed by atoms with E-state index < -0.39 is 11.8 Å². The molecule has 1 aromatic heterocycles. The molecule has 0 bridgehead atoms. The van der Waals surface area contributed by atoms with Gasteiger partial charge < -0.3 is 15.5 Å². The molecular weight excluding hydrogens is 412 g/mol. The van der Waals surface area contributed by atoms with E-state index in [1.165, 1.54) is 5.56 Å². The fraction of sp³-hybridized carbons (Fsp3) is 0.208. The molecule has 0 spiro atoms. The molecule has 158 valence electrons. The maximum absolute atomic E-state index is 12.5. The summed E-state index contributed by atoms with van der Waals surface area (Å²) in [6.07, 6.45) is 4.46. The second kappa shape index (κ2) is 9.18. The van der Waals surface area contributed by atoms with Crippen LogP contribution in [0, 0.1) is 6.92 Å². The topological polar surface area (TPSA) is 74.3 Å². The van der Waals surface area contributed by atoms with E-state index in [4.69, 9.17) is 11.6 Å². The van der Waals surface area contributed by atoms with E-state index in [0.717, 1.165) is 24.2 Å². The highest BCUT2D eigenvalue weighted by Crippen LogP contribution is 2.34. The van der Waals surface area contributed by atoms with Gasteiger partial charge in [-0.15, -0.1) is 0 Å². The number of para-hydroxylation sites is 1. The molecule has 0 saturated carbocycles. The summed E-state index contributed by atoms with van der Waals surface area (Å²) in [5.74, 6) is -1.42. The number of rotatable bonds is 5. The van der Waals surface area contributed by atoms with Crippen LogP contribution in [0.5, 0.6) is 0 Å². The van der Waals surface area contributed by atoms with Gasteiger partial charge in [0.25, 0.3) is 0 Å². The van der Waals surface area contributed by atoms with Crippen molar-refractivity contribution in [3.63, 3.8) is 0 Å². The van der Waals surface area contributed by atoms with E-state index in [0.29, 0.717) is 16.3 Å². The second-order valence-corrected chi connectivity index (χ2v) is 7.86. The Balaban J connectivity index is 1.48. The molecule has 31 heavy (non-hydrogen) atoms. The number of hydrogen-bond acceptors (Lipinski definition) is 4. The van der Waals surface area contributed by atoms with Crippen molar-refractivity contribution >= 4 is 34.8 Å². The molecule has 4 rings (SSSR count). The van der Waals surface area contributed by atoms with Crippen molar-refractivity contribution in [3.8, 4) is 0 Å². The van der Waals surface area contributed by atoms with Crippen molar-refractivity contribution in [2.24, 2.45) is 0 Å². The van der Waals surface area contributed by atoms with Crippen molar-refractivity contribution in [1.29, 1.82) is 0 Å². The molecule has 1 atom stereocenters. The SMILES string of the molecule is Cc1c(Cl)cccc1NC(=O)C(=O)NC[C@@H](c1cccnc1)N1CCc2ccccc21. The van der Waals surface area contributed by atoms with Crippen molar-refractivity contribution < 1.29 is 9.59 Å². The molecule has 0 radical (unpaired) electrons. The number of halogens is 1. The number of aromatic nitrogens is 1. The van der Waals surface area contributed by atoms with Gasteiger partial charge in [0.2, 0.25) is 0 Å². The molecule has 6 nitrogen and oxygen atoms in total. The van der Waals surface area contributed by atoms with Gasteiger partial charge in [0.05, 0.1) is 6.04 Å². The zero-order valence-electron chi connectivity index (χ0n) is 17.1. The van der Waals surface area contributed by atoms with E-state index in [2.05, 4.69) is 32.7 Å². The molecule has 2 aromatic carbocycles. The molecule has 0 unspecified atom stereocenters. The third-order valence-electron chi connectivity index (χ3n) is 5.55. The molecule has 0 aliphatic carbocycles. The Hall–Kier alpha value is -3.38. The van der Waals surface area contributed by atoms with Crippen LogP contribution in [-0.2, 0) is 16.0 Å². The Bertz CT molecular complexity index is 1100. The molecule has 7 heteroatoms. The lowest BCUT2D eigenvalue weighted by atomic mass is 10.1. The summed E-state index contributed by atoms with van der Waals surface area (Å²) in [5, 5.41) is 5.96. The van der Waals surface area contributed by atoms with Gasteiger partial charge in [0.15, 0.2) is 0 Å². The lowest BCUT2D eigenvalue weighted by molar-refractivity contribution is -0.136. The molecular formula is C24H23ClN4O2. The van der Waals surface area contributed by atoms with Crippen LogP contribution in [0.25, 0.3) is 0 Å². The second-order valence-electron chi connectivity index (χ2n) is 7.45. The number of amides is 2. The standard InChI is InChI=1S/C24H23ClN4O2/c1-16-19(25)8-4-9-20(16)28-24(31)23(30)27-15-22(18-7-5-12-26-14-18)29-13-11-17-6-2-3-10-21(17)29/h2-10,12,14,22H,11,13,15H2,1H3,(H,27,30)(H,28,31)/t22-/m0/s1. The highest BCUT2D eigenvalue weighted by Gasteiger charge is 2.28. The Morgan fingerprint density at radius 1 is 1.10 bits per heavy atom. The predicted octanol–water partition coefficient (Wildman–Crippen LogP) is 3.90. The lowest BCUT2D eigenvalue weighted by Gasteiger charge is -2.30. The number of fused-ring (bicyclic) bond motifs is 1. The maximum atomic E-state index is 12.5. The van der Waals surface area contributed by atoms with Gasteiger partial charge in [-0.3, -0.25) is 14.6 Å². The van der Waals surface area contributed by atoms with Crippen molar-refractivity contribution in [2.45, 2.75) is 19.4 Å². The van der Waals surface area contributed by atoms with E-state index in [1.54, 1.807) is 37.5 Å². The third-order valence-corrected chi connectivity index (χ3v) is 5.96. The Morgan fingerprint density at radius 3 is 2.74 bits per heavy atom. The van der Waals surface area contributed by atoms with Crippen molar-refractivity contribution in [3.05, 3.63) is 88.7 Å². The number of nitrogens with zero attached hydrogens (tertiary/aromatic N) is 2. The molecule has 0 fully saturated rings. The lowest BCUT2D eigenvalue weighted by Crippen LogP contribution is -2.42. The van der Waals surface area contributed by atoms with Crippen LogP contribution in [0.1, 0.15) is 22.7 Å². The largest absolute Gasteiger partial charge is 0.362 e. The summed E-state index contributed by atoms with van der Waals surface area (Å²) >= 11 is 6.10. The van der Waals surface area contributed by atoms with Crippen molar-refractivity contribution in [2.75, 3.05) is 23.3 Å². The van der Waals surface area contributed by atoms with Gasteiger partial charge in [0.1, 0.15) is 0 Å². The monoisotopic (exact) mass is 434 g/mol. The average Bonchev–Trinajstić information content (AvgIpc) is 3.21. The number of anilines is 2. The fourth-order valence-corrected chi connectivity index (χ4v) is 4.03. The zero-order valence-corrected chi connectivity index (χ0v) is 17.9. The Kier molecular flexibility index (Phi) is 6.18. The van der Waals surface area contributed by atoms with Gasteiger partial charge in [-0.05, 0) is 54.3 Å². The summed E-state index contributed by atoms with van der Waals surface area (Å²) < 4.78 is 0. The van der Waals surface area contributed by atoms with E-state index in [9.17, 15) is 9.59 Å². The molecule has 0 saturated heterocycles. The van der Waals surface area contributed by atoms with Gasteiger partial charge in [-0.25, -0.2) is 0 Å². The number of benzene rings is 2. The van der Waals surface area contributed by atoms with Crippen molar-refractivity contribution in [1.82, 2.24) is 10.3 Å². The first-order chi connectivity index (χ1) is 15.0. The predicted molar refractivity (Wildman–Crippen MR) is 122 cm³/mol. The third kappa shape index (κ3) is 4.54. The number of nitrogens with one attached hydrogen (secondary N) is 2. The minimum atomic E-state index is -0.725. The van der Waals surface area contributed by atoms with Gasteiger partial charge in [-0.1, -0.05) is 41.9 Å². The fourth-order valence-electron chi connectivity index (χ4n) is 3.86. The van der Waals surface area contributed by atoms with Crippen LogP contribution in [0.15, 0.2) is 67.0 Å². The van der Waals surface area contributed by atoms with Gasteiger partial charge in [0, 0.05) is 41.9 Å². The van der Waals surface area contributed by atoms with Crippen LogP contribution in [0.2, 0.25) is 5.02 Å². The van der Waals surface area contributed by atoms with Crippen LogP contribution in [0.4, 0.5) is 11.4 Å². The van der Waals surface area contributed by atoms with Crippen LogP contribution in [-0.4, -0.2) is 29.9 Å². The summed E-state index contributed by atoms with van der Waals surface area (Å²) in [5.41, 5.74) is 4.63. The normalized spacial score (nSPS) is 13.4. The summed E-state index contributed by atoms with van der Waals surface area (Å²) in [4.78, 5) is 31.5. The minimum Gasteiger partial charge on any atom is -0.362 e. The zero-order chi connectivity index (χ0) is 21.8. The summed E-state index contributed by atoms with van der Waals surface area (Å²) in [6, 6.07) is 17.2. The maximum Gasteiger partial charge on any atom is 0.313 e. The number of carbonyl (C=O) groups excluding carboxylic acids is 2. The molecule has 2 amide bonds. The molecule has 1 aliphatic heterocycles. The van der Waals surface area contributed by atoms with Crippen LogP contribution < -0.4 is 15.5 Å². The highest BCUT2D eigenvalue weighted by atomic mass is 35.5. The Labute approximate surface area is 186 Å². The quantitative estimate of drug-likeness (QED) is 0.597. The first-order valence-electron chi connectivity index (χ1n) is 10.1. The molecule has 1 aliphatic rings. The van der Waals surface area contributed by atoms with Gasteiger partial charge >= 0.3 is 11.8 Å². The Morgan fingerprint density at radius 2 is 1.94 bits per heavy atom. The number of pyridine rings is 1. The average molecular weight is 435 g/mol. The first kappa shape index (κ1) is 20.9. The van der Waals surface area contributed by atoms with Crippen LogP contribution >= 0.6 is 11.6 Å². The minimum absolute atomic E-state index is 0.137. The van der Waals surface area contributed by atoms with Gasteiger partial charge in [-0.2, -0.15) is 0 Å². The number of carbonyl (C=O) groups is 2. The molecule has 2 heterocycles. The first-order valence-corrected chi connectivity index (χ1v) is 10.5. The molecule has 3 aromatic rings. The summed E-state index contributed by atoms with van der Waals surface area (Å²) in [7, 11) is 0. The number of hydrogen-bond donors (Lipinski definition) is 2. The van der Waals surface area contributed by atoms with E-state index in [-0.39, 0.29) is 12.6 Å². The molecule has 2 N–H and O–H groups in total.